The van der Waals surface area contributed by atoms with Gasteiger partial charge in [0.15, 0.2) is 0 Å². The van der Waals surface area contributed by atoms with Gasteiger partial charge in [-0.05, 0) is 35.4 Å². The number of benzene rings is 1. The van der Waals surface area contributed by atoms with Gasteiger partial charge in [-0.25, -0.2) is 0 Å². The van der Waals surface area contributed by atoms with Gasteiger partial charge in [-0.2, -0.15) is 0 Å². The quantitative estimate of drug-likeness (QED) is 0.844. The third kappa shape index (κ3) is 5.41. The molecule has 0 spiro atoms. The van der Waals surface area contributed by atoms with Crippen LogP contribution in [0, 0.1) is 0 Å². The summed E-state index contributed by atoms with van der Waals surface area (Å²) in [7, 11) is 1.78. The van der Waals surface area contributed by atoms with Gasteiger partial charge in [0.25, 0.3) is 0 Å². The molecule has 0 unspecified atom stereocenters. The average Bonchev–Trinajstić information content (AvgIpc) is 2.56. The lowest BCUT2D eigenvalue weighted by atomic mass is 10.1. The molecule has 1 aromatic heterocycles. The Balaban J connectivity index is 1.79. The highest BCUT2D eigenvalue weighted by Crippen LogP contribution is 2.13. The molecule has 0 aliphatic heterocycles. The van der Waals surface area contributed by atoms with E-state index in [0.29, 0.717) is 17.9 Å². The van der Waals surface area contributed by atoms with Crippen molar-refractivity contribution in [1.29, 1.82) is 0 Å². The van der Waals surface area contributed by atoms with Crippen molar-refractivity contribution < 1.29 is 9.59 Å². The van der Waals surface area contributed by atoms with Crippen molar-refractivity contribution in [3.8, 4) is 0 Å². The largest absolute Gasteiger partial charge is 0.366 e. The van der Waals surface area contributed by atoms with E-state index in [9.17, 15) is 9.59 Å². The molecule has 1 heterocycles. The lowest BCUT2D eigenvalue weighted by molar-refractivity contribution is -0.127. The van der Waals surface area contributed by atoms with Gasteiger partial charge in [0.2, 0.25) is 11.8 Å². The third-order valence-corrected chi connectivity index (χ3v) is 4.32. The fourth-order valence-corrected chi connectivity index (χ4v) is 2.91. The Morgan fingerprint density at radius 3 is 2.35 bits per heavy atom. The van der Waals surface area contributed by atoms with Crippen LogP contribution in [0.1, 0.15) is 21.5 Å². The van der Waals surface area contributed by atoms with E-state index in [-0.39, 0.29) is 5.91 Å². The van der Waals surface area contributed by atoms with E-state index in [4.69, 9.17) is 5.73 Å². The zero-order valence-electron chi connectivity index (χ0n) is 12.9. The van der Waals surface area contributed by atoms with E-state index in [0.717, 1.165) is 16.9 Å². The Morgan fingerprint density at radius 2 is 1.74 bits per heavy atom. The molecule has 0 saturated heterocycles. The van der Waals surface area contributed by atoms with Crippen LogP contribution < -0.4 is 5.73 Å². The molecule has 2 aromatic rings. The van der Waals surface area contributed by atoms with Crippen LogP contribution in [0.3, 0.4) is 0 Å². The standard InChI is InChI=1S/C17H19N3O2S/c1-20(10-13-2-4-15(5-3-13)17(18)22)16(21)12-23-11-14-6-8-19-9-7-14/h2-9H,10-12H2,1H3,(H2,18,22). The van der Waals surface area contributed by atoms with Crippen molar-refractivity contribution in [1.82, 2.24) is 9.88 Å². The first-order valence-corrected chi connectivity index (χ1v) is 8.31. The van der Waals surface area contributed by atoms with E-state index in [1.54, 1.807) is 48.2 Å². The number of rotatable bonds is 7. The number of thioether (sulfide) groups is 1. The van der Waals surface area contributed by atoms with Crippen LogP contribution in [-0.4, -0.2) is 34.5 Å². The third-order valence-electron chi connectivity index (χ3n) is 3.33. The molecule has 0 aliphatic carbocycles. The van der Waals surface area contributed by atoms with Crippen molar-refractivity contribution in [3.63, 3.8) is 0 Å². The van der Waals surface area contributed by atoms with Crippen molar-refractivity contribution in [2.45, 2.75) is 12.3 Å². The molecule has 23 heavy (non-hydrogen) atoms. The first kappa shape index (κ1) is 17.0. The second-order valence-corrected chi connectivity index (χ2v) is 6.14. The van der Waals surface area contributed by atoms with E-state index in [1.165, 1.54) is 0 Å². The van der Waals surface area contributed by atoms with Gasteiger partial charge in [-0.1, -0.05) is 12.1 Å². The molecule has 1 aromatic carbocycles. The highest BCUT2D eigenvalue weighted by Gasteiger charge is 2.10. The molecule has 6 heteroatoms. The maximum absolute atomic E-state index is 12.1. The zero-order chi connectivity index (χ0) is 16.7. The minimum Gasteiger partial charge on any atom is -0.366 e. The number of primary amides is 1. The molecule has 0 radical (unpaired) electrons. The molecule has 2 amide bonds. The Morgan fingerprint density at radius 1 is 1.09 bits per heavy atom. The number of carbonyl (C=O) groups excluding carboxylic acids is 2. The normalized spacial score (nSPS) is 10.3. The summed E-state index contributed by atoms with van der Waals surface area (Å²) in [5.74, 6) is 0.838. The van der Waals surface area contributed by atoms with Crippen molar-refractivity contribution in [2.24, 2.45) is 5.73 Å². The summed E-state index contributed by atoms with van der Waals surface area (Å²) in [6, 6.07) is 10.9. The molecule has 0 fully saturated rings. The van der Waals surface area contributed by atoms with Crippen LogP contribution in [0.5, 0.6) is 0 Å². The predicted molar refractivity (Wildman–Crippen MR) is 91.8 cm³/mol. The van der Waals surface area contributed by atoms with Crippen LogP contribution in [0.4, 0.5) is 0 Å². The summed E-state index contributed by atoms with van der Waals surface area (Å²) in [5.41, 5.74) is 7.79. The molecular weight excluding hydrogens is 310 g/mol. The minimum atomic E-state index is -0.450. The fraction of sp³-hybridized carbons (Fsp3) is 0.235. The molecule has 2 rings (SSSR count). The summed E-state index contributed by atoms with van der Waals surface area (Å²) in [4.78, 5) is 28.8. The van der Waals surface area contributed by atoms with Gasteiger partial charge < -0.3 is 10.6 Å². The smallest absolute Gasteiger partial charge is 0.248 e. The monoisotopic (exact) mass is 329 g/mol. The summed E-state index contributed by atoms with van der Waals surface area (Å²) in [6.45, 7) is 0.508. The number of hydrogen-bond donors (Lipinski definition) is 1. The number of carbonyl (C=O) groups is 2. The average molecular weight is 329 g/mol. The highest BCUT2D eigenvalue weighted by molar-refractivity contribution is 7.99. The molecule has 0 saturated carbocycles. The Kier molecular flexibility index (Phi) is 6.17. The van der Waals surface area contributed by atoms with E-state index < -0.39 is 5.91 Å². The molecule has 2 N–H and O–H groups in total. The second-order valence-electron chi connectivity index (χ2n) is 5.16. The number of aromatic nitrogens is 1. The van der Waals surface area contributed by atoms with Crippen LogP contribution >= 0.6 is 11.8 Å². The van der Waals surface area contributed by atoms with Gasteiger partial charge in [-0.15, -0.1) is 11.8 Å². The van der Waals surface area contributed by atoms with E-state index in [2.05, 4.69) is 4.98 Å². The number of nitrogens with two attached hydrogens (primary N) is 1. The maximum Gasteiger partial charge on any atom is 0.248 e. The number of nitrogens with zero attached hydrogens (tertiary/aromatic N) is 2. The highest BCUT2D eigenvalue weighted by atomic mass is 32.2. The second kappa shape index (κ2) is 8.33. The van der Waals surface area contributed by atoms with Crippen molar-refractivity contribution in [2.75, 3.05) is 12.8 Å². The fourth-order valence-electron chi connectivity index (χ4n) is 1.98. The van der Waals surface area contributed by atoms with Gasteiger partial charge in [0.05, 0.1) is 5.75 Å². The summed E-state index contributed by atoms with van der Waals surface area (Å²) in [6.07, 6.45) is 3.50. The van der Waals surface area contributed by atoms with Crippen LogP contribution in [0.2, 0.25) is 0 Å². The summed E-state index contributed by atoms with van der Waals surface area (Å²) >= 11 is 1.58. The molecular formula is C17H19N3O2S. The first-order valence-electron chi connectivity index (χ1n) is 7.15. The van der Waals surface area contributed by atoms with Crippen molar-refractivity contribution in [3.05, 3.63) is 65.5 Å². The number of hydrogen-bond acceptors (Lipinski definition) is 4. The van der Waals surface area contributed by atoms with Crippen molar-refractivity contribution >= 4 is 23.6 Å². The lowest BCUT2D eigenvalue weighted by Crippen LogP contribution is -2.27. The molecule has 0 atom stereocenters. The van der Waals surface area contributed by atoms with Gasteiger partial charge in [-0.3, -0.25) is 14.6 Å². The number of pyridine rings is 1. The zero-order valence-corrected chi connectivity index (χ0v) is 13.8. The summed E-state index contributed by atoms with van der Waals surface area (Å²) < 4.78 is 0. The van der Waals surface area contributed by atoms with Crippen LogP contribution in [0.15, 0.2) is 48.8 Å². The molecule has 0 aliphatic rings. The van der Waals surface area contributed by atoms with Gasteiger partial charge >= 0.3 is 0 Å². The molecule has 5 nitrogen and oxygen atoms in total. The Hall–Kier alpha value is -2.34. The Labute approximate surface area is 139 Å². The van der Waals surface area contributed by atoms with Crippen LogP contribution in [0.25, 0.3) is 0 Å². The number of amides is 2. The first-order chi connectivity index (χ1) is 11.1. The lowest BCUT2D eigenvalue weighted by Gasteiger charge is -2.17. The summed E-state index contributed by atoms with van der Waals surface area (Å²) in [5, 5.41) is 0. The SMILES string of the molecule is CN(Cc1ccc(C(N)=O)cc1)C(=O)CSCc1ccncc1. The van der Waals surface area contributed by atoms with Gasteiger partial charge in [0.1, 0.15) is 0 Å². The maximum atomic E-state index is 12.1. The molecule has 120 valence electrons. The predicted octanol–water partition coefficient (Wildman–Crippen LogP) is 2.07. The molecule has 0 bridgehead atoms. The topological polar surface area (TPSA) is 76.3 Å². The minimum absolute atomic E-state index is 0.0723. The van der Waals surface area contributed by atoms with Crippen LogP contribution in [-0.2, 0) is 17.1 Å². The van der Waals surface area contributed by atoms with Gasteiger partial charge in [0, 0.05) is 37.3 Å². The van der Waals surface area contributed by atoms with E-state index >= 15 is 0 Å². The Bertz CT molecular complexity index is 659. The van der Waals surface area contributed by atoms with E-state index in [1.807, 2.05) is 24.3 Å².